The molecule has 0 rings (SSSR count). The summed E-state index contributed by atoms with van der Waals surface area (Å²) < 4.78 is 0.963. The third-order valence-corrected chi connectivity index (χ3v) is 0. The van der Waals surface area contributed by atoms with Crippen molar-refractivity contribution in [1.82, 2.24) is 0 Å². The van der Waals surface area contributed by atoms with Crippen molar-refractivity contribution in [2.45, 2.75) is 38.6 Å². The van der Waals surface area contributed by atoms with Gasteiger partial charge in [0.25, 0.3) is 17.9 Å². The first-order valence-electron chi connectivity index (χ1n) is 4.27. The first-order valence-corrected chi connectivity index (χ1v) is 6.17. The molecule has 0 saturated carbocycles. The van der Waals surface area contributed by atoms with Crippen LogP contribution in [0.15, 0.2) is 0 Å². The zero-order chi connectivity index (χ0) is 14.3. The van der Waals surface area contributed by atoms with Crippen LogP contribution in [0.3, 0.4) is 0 Å². The summed E-state index contributed by atoms with van der Waals surface area (Å²) in [6, 6.07) is 0. The molecule has 0 aromatic heterocycles. The zero-order valence-corrected chi connectivity index (χ0v) is 13.5. The van der Waals surface area contributed by atoms with Gasteiger partial charge in [-0.15, -0.1) is 0 Å². The molecule has 0 aliphatic carbocycles. The van der Waals surface area contributed by atoms with Crippen molar-refractivity contribution in [3.05, 3.63) is 0 Å². The summed E-state index contributed by atoms with van der Waals surface area (Å²) in [7, 11) is 0. The number of hydrogen-bond acceptors (Lipinski definition) is 3. The molecular weight excluding hydrogens is 323 g/mol. The second-order valence-electron chi connectivity index (χ2n) is 2.80. The van der Waals surface area contributed by atoms with Crippen molar-refractivity contribution < 1.29 is 29.7 Å². The molecule has 0 aliphatic heterocycles. The summed E-state index contributed by atoms with van der Waals surface area (Å²) >= 11 is 1.40. The van der Waals surface area contributed by atoms with E-state index in [1.54, 1.807) is 0 Å². The van der Waals surface area contributed by atoms with Crippen LogP contribution >= 0.6 is 0 Å². The van der Waals surface area contributed by atoms with Gasteiger partial charge in [-0.05, 0) is 0 Å². The number of hydrogen-bond donors (Lipinski definition) is 3. The molecule has 3 N–H and O–H groups in total. The van der Waals surface area contributed by atoms with E-state index in [0.717, 1.165) is 24.7 Å². The van der Waals surface area contributed by atoms with Crippen molar-refractivity contribution in [3.8, 4) is 0 Å². The molecule has 7 heteroatoms. The molecule has 96 valence electrons. The van der Waals surface area contributed by atoms with Crippen molar-refractivity contribution in [1.29, 1.82) is 0 Å². The number of carboxylic acid groups (broad SMARTS) is 3. The van der Waals surface area contributed by atoms with Crippen LogP contribution in [0.1, 0.15) is 34.6 Å². The van der Waals surface area contributed by atoms with Gasteiger partial charge in [0, 0.05) is 20.8 Å². The molecule has 0 amide bonds. The Kier molecular flexibility index (Phi) is 30.1. The van der Waals surface area contributed by atoms with E-state index < -0.39 is 17.9 Å². The molecule has 16 heavy (non-hydrogen) atoms. The zero-order valence-electron chi connectivity index (χ0n) is 10.2. The molecule has 0 aromatic rings. The Labute approximate surface area is 109 Å². The van der Waals surface area contributed by atoms with Gasteiger partial charge in [-0.2, -0.15) is 0 Å². The number of rotatable bonds is 0. The molecule has 0 fully saturated rings. The third kappa shape index (κ3) is 3140. The van der Waals surface area contributed by atoms with Gasteiger partial charge < -0.3 is 15.3 Å². The van der Waals surface area contributed by atoms with Crippen LogP contribution in [-0.4, -0.2) is 55.8 Å². The van der Waals surface area contributed by atoms with Gasteiger partial charge >= 0.3 is 40.3 Å². The monoisotopic (exact) mass is 344 g/mol. The van der Waals surface area contributed by atoms with Gasteiger partial charge in [-0.1, -0.05) is 0 Å². The van der Waals surface area contributed by atoms with E-state index in [-0.39, 0.29) is 0 Å². The van der Waals surface area contributed by atoms with Gasteiger partial charge in [-0.25, -0.2) is 0 Å². The number of carboxylic acids is 3. The fraction of sp³-hybridized carbons (Fsp3) is 0.667. The van der Waals surface area contributed by atoms with Crippen LogP contribution in [0.25, 0.3) is 0 Å². The second kappa shape index (κ2) is 19.7. The molecule has 0 unspecified atom stereocenters. The predicted molar refractivity (Wildman–Crippen MR) is 62.2 cm³/mol. The number of carbonyl (C=O) groups is 3. The Hall–Kier alpha value is -0.791. The van der Waals surface area contributed by atoms with Gasteiger partial charge in [0.15, 0.2) is 0 Å². The Morgan fingerprint density at radius 2 is 0.812 bits per heavy atom. The minimum absolute atomic E-state index is 0.833. The number of aliphatic carboxylic acids is 3. The molecule has 0 aromatic carbocycles. The van der Waals surface area contributed by atoms with Crippen molar-refractivity contribution >= 4 is 40.4 Å². The van der Waals surface area contributed by atoms with Crippen LogP contribution in [0.2, 0.25) is 3.93 Å². The van der Waals surface area contributed by atoms with Crippen LogP contribution < -0.4 is 0 Å². The molecule has 0 aliphatic rings. The average molecular weight is 343 g/mol. The fourth-order valence-corrected chi connectivity index (χ4v) is 0. The molecule has 0 atom stereocenters. The van der Waals surface area contributed by atoms with Crippen LogP contribution in [0.4, 0.5) is 0 Å². The third-order valence-electron chi connectivity index (χ3n) is 0. The Morgan fingerprint density at radius 1 is 0.812 bits per heavy atom. The molecule has 2 radical (unpaired) electrons. The van der Waals surface area contributed by atoms with E-state index >= 15 is 0 Å². The second-order valence-corrected chi connectivity index (χ2v) is 6.61. The predicted octanol–water partition coefficient (Wildman–Crippen LogP) is 0.988. The Bertz CT molecular complexity index is 147. The summed E-state index contributed by atoms with van der Waals surface area (Å²) in [6.07, 6.45) is 0. The summed E-state index contributed by atoms with van der Waals surface area (Å²) in [5, 5.41) is 22.2. The van der Waals surface area contributed by atoms with E-state index in [0.29, 0.717) is 0 Å². The summed E-state index contributed by atoms with van der Waals surface area (Å²) in [5.41, 5.74) is 0. The summed E-state index contributed by atoms with van der Waals surface area (Å²) in [5.74, 6) is -2.50. The standard InChI is InChI=1S/C3H7.3C2H4O2.Sn.H/c1-3-2;3*1-2(3)4;;/h3H,1-2H3;3*1H3,(H,3,4);;. The molecule has 6 nitrogen and oxygen atoms in total. The normalized spacial score (nSPS) is 6.94. The molecule has 0 saturated heterocycles. The van der Waals surface area contributed by atoms with Gasteiger partial charge in [0.05, 0.1) is 0 Å². The van der Waals surface area contributed by atoms with E-state index in [4.69, 9.17) is 29.7 Å². The minimum atomic E-state index is -0.833. The molecule has 0 heterocycles. The van der Waals surface area contributed by atoms with Crippen molar-refractivity contribution in [3.63, 3.8) is 0 Å². The van der Waals surface area contributed by atoms with Crippen LogP contribution in [-0.2, 0) is 14.4 Å². The van der Waals surface area contributed by atoms with Gasteiger partial charge in [-0.3, -0.25) is 14.4 Å². The quantitative estimate of drug-likeness (QED) is 0.566. The first kappa shape index (κ1) is 24.4. The van der Waals surface area contributed by atoms with E-state index in [9.17, 15) is 0 Å². The van der Waals surface area contributed by atoms with Crippen LogP contribution in [0, 0.1) is 0 Å². The SMILES string of the molecule is CC(=O)O.CC(=O)O.CC(=O)O.C[CH](C)[SnH]. The molecule has 0 spiro atoms. The van der Waals surface area contributed by atoms with Crippen LogP contribution in [0.5, 0.6) is 0 Å². The Morgan fingerprint density at radius 3 is 0.812 bits per heavy atom. The first-order chi connectivity index (χ1) is 6.93. The Balaban J connectivity index is -0.0000000600. The van der Waals surface area contributed by atoms with Gasteiger partial charge in [0.2, 0.25) is 0 Å². The fourth-order valence-electron chi connectivity index (χ4n) is 0. The van der Waals surface area contributed by atoms with Crippen molar-refractivity contribution in [2.24, 2.45) is 0 Å². The van der Waals surface area contributed by atoms with E-state index in [1.807, 2.05) is 0 Å². The average Bonchev–Trinajstić information content (AvgIpc) is 1.76. The van der Waals surface area contributed by atoms with Gasteiger partial charge in [0.1, 0.15) is 0 Å². The maximum absolute atomic E-state index is 9.00. The van der Waals surface area contributed by atoms with E-state index in [2.05, 4.69) is 13.8 Å². The topological polar surface area (TPSA) is 112 Å². The molecule has 0 bridgehead atoms. The molecular formula is C9H20O6Sn. The summed E-state index contributed by atoms with van der Waals surface area (Å²) in [4.78, 5) is 27.0. The van der Waals surface area contributed by atoms with E-state index in [1.165, 1.54) is 22.5 Å². The maximum atomic E-state index is 9.00. The van der Waals surface area contributed by atoms with Crippen molar-refractivity contribution in [2.75, 3.05) is 0 Å². The summed E-state index contributed by atoms with van der Waals surface area (Å²) in [6.45, 7) is 7.70.